The monoisotopic (exact) mass is 846 g/mol. The second-order valence-electron chi connectivity index (χ2n) is 16.2. The van der Waals surface area contributed by atoms with E-state index in [0.29, 0.717) is 55.3 Å². The highest BCUT2D eigenvalue weighted by molar-refractivity contribution is 6.25. The van der Waals surface area contributed by atoms with Gasteiger partial charge in [-0.2, -0.15) is 0 Å². The molecule has 1 unspecified atom stereocenters. The normalized spacial score (nSPS) is 18.4. The minimum absolute atomic E-state index is 0.0132. The minimum atomic E-state index is -1.04. The van der Waals surface area contributed by atoms with E-state index in [0.717, 1.165) is 60.4 Å². The van der Waals surface area contributed by atoms with Gasteiger partial charge in [0.15, 0.2) is 5.78 Å². The number of piperazine rings is 1. The molecule has 2 saturated heterocycles. The van der Waals surface area contributed by atoms with Crippen molar-refractivity contribution in [2.75, 3.05) is 69.2 Å². The number of anilines is 2. The fourth-order valence-electron chi connectivity index (χ4n) is 8.95. The Balaban J connectivity index is 0.753. The number of pyridine rings is 2. The molecule has 18 heteroatoms. The highest BCUT2D eigenvalue weighted by atomic mass is 16.5. The number of carbonyl (C=O) groups is 6. The molecule has 1 atom stereocenters. The van der Waals surface area contributed by atoms with Gasteiger partial charge in [0.2, 0.25) is 17.7 Å². The van der Waals surface area contributed by atoms with Crippen molar-refractivity contribution in [2.45, 2.75) is 70.9 Å². The Morgan fingerprint density at radius 2 is 1.68 bits per heavy atom. The van der Waals surface area contributed by atoms with E-state index in [-0.39, 0.29) is 72.6 Å². The molecular formula is C44H50N10O8. The van der Waals surface area contributed by atoms with Gasteiger partial charge in [-0.05, 0) is 62.9 Å². The number of imide groups is 2. The van der Waals surface area contributed by atoms with Crippen LogP contribution >= 0.6 is 0 Å². The van der Waals surface area contributed by atoms with Gasteiger partial charge in [-0.15, -0.1) is 0 Å². The molecule has 0 bridgehead atoms. The van der Waals surface area contributed by atoms with Gasteiger partial charge >= 0.3 is 0 Å². The smallest absolute Gasteiger partial charge is 0.264 e. The van der Waals surface area contributed by atoms with Crippen molar-refractivity contribution in [3.63, 3.8) is 0 Å². The second-order valence-corrected chi connectivity index (χ2v) is 16.2. The summed E-state index contributed by atoms with van der Waals surface area (Å²) in [6.07, 6.45) is 7.93. The fourth-order valence-corrected chi connectivity index (χ4v) is 8.95. The average Bonchev–Trinajstić information content (AvgIpc) is 3.87. The first-order valence-corrected chi connectivity index (χ1v) is 21.2. The van der Waals surface area contributed by atoms with Gasteiger partial charge in [-0.25, -0.2) is 9.97 Å². The van der Waals surface area contributed by atoms with Crippen LogP contribution in [0.3, 0.4) is 0 Å². The number of nitrogens with zero attached hydrogens (tertiary/aromatic N) is 7. The van der Waals surface area contributed by atoms with Gasteiger partial charge in [0.1, 0.15) is 17.5 Å². The minimum Gasteiger partial charge on any atom is -0.382 e. The van der Waals surface area contributed by atoms with Crippen molar-refractivity contribution >= 4 is 57.7 Å². The lowest BCUT2D eigenvalue weighted by Crippen LogP contribution is -2.54. The number of nitrogens with one attached hydrogen (secondary N) is 3. The molecule has 0 spiro atoms. The molecular weight excluding hydrogens is 797 g/mol. The molecule has 5 amide bonds. The summed E-state index contributed by atoms with van der Waals surface area (Å²) in [6, 6.07) is 7.85. The van der Waals surface area contributed by atoms with Crippen molar-refractivity contribution in [1.29, 1.82) is 0 Å². The molecule has 3 aliphatic heterocycles. The van der Waals surface area contributed by atoms with Crippen LogP contribution in [0, 0.1) is 6.92 Å². The summed E-state index contributed by atoms with van der Waals surface area (Å²) in [6.45, 7) is 7.60. The standard InChI is InChI=1S/C44H50N10O8/c1-26-32-24-48-35(49-40(32)53(29-6-3-4-7-29)43(60)38(26)27(2)55)22-28-10-11-30(23-47-28)52-18-16-51(17-19-52)25-37(57)46-15-21-62-20-14-45-33-9-5-8-31-39(33)44(61)54(42(31)59)34-12-13-36(56)50-41(34)58/h5,8-11,23-24,29,34,45H,3-4,6-7,12-22,25H2,1-2H3,(H,46,57)(H,50,56,58). The van der Waals surface area contributed by atoms with E-state index in [1.54, 1.807) is 35.9 Å². The molecule has 0 radical (unpaired) electrons. The highest BCUT2D eigenvalue weighted by Gasteiger charge is 2.45. The number of ketones is 1. The molecule has 1 aliphatic carbocycles. The molecule has 3 aromatic heterocycles. The van der Waals surface area contributed by atoms with Crippen LogP contribution in [0.4, 0.5) is 11.4 Å². The van der Waals surface area contributed by atoms with Gasteiger partial charge in [-0.1, -0.05) is 18.9 Å². The van der Waals surface area contributed by atoms with Gasteiger partial charge in [-0.3, -0.25) is 58.2 Å². The lowest BCUT2D eigenvalue weighted by Gasteiger charge is -2.35. The molecule has 6 heterocycles. The van der Waals surface area contributed by atoms with Crippen LogP contribution in [0.2, 0.25) is 0 Å². The lowest BCUT2D eigenvalue weighted by atomic mass is 10.0. The summed E-state index contributed by atoms with van der Waals surface area (Å²) < 4.78 is 7.42. The number of Topliss-reactive ketones (excluding diaryl/α,β-unsaturated/α-hetero) is 1. The van der Waals surface area contributed by atoms with Crippen LogP contribution in [-0.2, 0) is 25.5 Å². The van der Waals surface area contributed by atoms with E-state index < -0.39 is 29.7 Å². The van der Waals surface area contributed by atoms with Crippen molar-refractivity contribution < 1.29 is 33.5 Å². The Hall–Kier alpha value is -6.40. The van der Waals surface area contributed by atoms with Crippen LogP contribution in [0.25, 0.3) is 11.0 Å². The van der Waals surface area contributed by atoms with E-state index in [1.807, 2.05) is 18.3 Å². The maximum atomic E-state index is 13.6. The van der Waals surface area contributed by atoms with Crippen LogP contribution in [0.15, 0.2) is 47.5 Å². The van der Waals surface area contributed by atoms with Crippen LogP contribution in [0.5, 0.6) is 0 Å². The number of benzene rings is 1. The molecule has 324 valence electrons. The Labute approximate surface area is 357 Å². The number of hydrogen-bond donors (Lipinski definition) is 3. The molecule has 1 aromatic carbocycles. The van der Waals surface area contributed by atoms with E-state index in [4.69, 9.17) is 14.7 Å². The lowest BCUT2D eigenvalue weighted by molar-refractivity contribution is -0.136. The van der Waals surface area contributed by atoms with Gasteiger partial charge in [0, 0.05) is 74.7 Å². The molecule has 4 aliphatic rings. The Morgan fingerprint density at radius 3 is 2.40 bits per heavy atom. The Morgan fingerprint density at radius 1 is 0.903 bits per heavy atom. The highest BCUT2D eigenvalue weighted by Crippen LogP contribution is 2.33. The van der Waals surface area contributed by atoms with Crippen LogP contribution < -0.4 is 26.4 Å². The molecule has 3 fully saturated rings. The topological polar surface area (TPSA) is 218 Å². The molecule has 62 heavy (non-hydrogen) atoms. The number of aryl methyl sites for hydroxylation is 1. The summed E-state index contributed by atoms with van der Waals surface area (Å²) in [7, 11) is 0. The predicted molar refractivity (Wildman–Crippen MR) is 227 cm³/mol. The van der Waals surface area contributed by atoms with Crippen molar-refractivity contribution in [1.82, 2.24) is 40.0 Å². The maximum Gasteiger partial charge on any atom is 0.264 e. The molecule has 1 saturated carbocycles. The van der Waals surface area contributed by atoms with Gasteiger partial charge in [0.05, 0.1) is 54.8 Å². The maximum absolute atomic E-state index is 13.6. The third-order valence-electron chi connectivity index (χ3n) is 12.2. The number of piperidine rings is 1. The van der Waals surface area contributed by atoms with Crippen molar-refractivity contribution in [3.05, 3.63) is 86.9 Å². The zero-order valence-corrected chi connectivity index (χ0v) is 34.9. The zero-order chi connectivity index (χ0) is 43.5. The largest absolute Gasteiger partial charge is 0.382 e. The average molecular weight is 847 g/mol. The zero-order valence-electron chi connectivity index (χ0n) is 34.9. The van der Waals surface area contributed by atoms with Crippen molar-refractivity contribution in [3.8, 4) is 0 Å². The predicted octanol–water partition coefficient (Wildman–Crippen LogP) is 2.17. The van der Waals surface area contributed by atoms with Gasteiger partial charge in [0.25, 0.3) is 17.4 Å². The number of rotatable bonds is 15. The van der Waals surface area contributed by atoms with E-state index in [9.17, 15) is 33.6 Å². The summed E-state index contributed by atoms with van der Waals surface area (Å²) in [4.78, 5) is 109. The number of aromatic nitrogens is 4. The quantitative estimate of drug-likeness (QED) is 0.0888. The second kappa shape index (κ2) is 18.3. The number of amides is 5. The first-order valence-electron chi connectivity index (χ1n) is 21.2. The third kappa shape index (κ3) is 8.69. The summed E-state index contributed by atoms with van der Waals surface area (Å²) in [5.74, 6) is -2.03. The van der Waals surface area contributed by atoms with E-state index in [1.165, 1.54) is 6.92 Å². The number of hydrogen-bond acceptors (Lipinski definition) is 14. The molecule has 3 N–H and O–H groups in total. The third-order valence-corrected chi connectivity index (χ3v) is 12.2. The summed E-state index contributed by atoms with van der Waals surface area (Å²) >= 11 is 0. The van der Waals surface area contributed by atoms with E-state index in [2.05, 4.69) is 30.7 Å². The van der Waals surface area contributed by atoms with Crippen LogP contribution in [0.1, 0.15) is 99.6 Å². The molecule has 4 aromatic rings. The SMILES string of the molecule is CC(=O)c1c(C)c2cnc(Cc3ccc(N4CCN(CC(=O)NCCOCCNc5cccc6c5C(=O)N(C5CCC(=O)NC5=O)C6=O)CC4)cn3)nc2n(C2CCCC2)c1=O. The number of ether oxygens (including phenoxy) is 1. The van der Waals surface area contributed by atoms with Crippen LogP contribution in [-0.4, -0.2) is 130 Å². The Bertz CT molecular complexity index is 2490. The fraction of sp³-hybridized carbons (Fsp3) is 0.455. The molecule has 18 nitrogen and oxygen atoms in total. The molecule has 8 rings (SSSR count). The first-order chi connectivity index (χ1) is 30.0. The number of carbonyl (C=O) groups excluding carboxylic acids is 6. The summed E-state index contributed by atoms with van der Waals surface area (Å²) in [5.41, 5.74) is 3.75. The number of fused-ring (bicyclic) bond motifs is 2. The Kier molecular flexibility index (Phi) is 12.5. The van der Waals surface area contributed by atoms with E-state index >= 15 is 0 Å². The van der Waals surface area contributed by atoms with Crippen molar-refractivity contribution in [2.24, 2.45) is 0 Å². The van der Waals surface area contributed by atoms with Gasteiger partial charge < -0.3 is 20.3 Å². The summed E-state index contributed by atoms with van der Waals surface area (Å²) in [5, 5.41) is 8.96. The first kappa shape index (κ1) is 42.3.